The molecule has 3 rings (SSSR count). The fourth-order valence-corrected chi connectivity index (χ4v) is 3.54. The van der Waals surface area contributed by atoms with E-state index in [0.29, 0.717) is 44.0 Å². The molecule has 1 fully saturated rings. The van der Waals surface area contributed by atoms with Crippen LogP contribution in [0.15, 0.2) is 12.4 Å². The molecular formula is C22H28F3N7O2. The molecule has 2 N–H and O–H groups in total. The van der Waals surface area contributed by atoms with Crippen molar-refractivity contribution in [3.63, 3.8) is 0 Å². The van der Waals surface area contributed by atoms with E-state index in [9.17, 15) is 23.2 Å². The lowest BCUT2D eigenvalue weighted by Crippen LogP contribution is -2.45. The summed E-state index contributed by atoms with van der Waals surface area (Å²) in [6.45, 7) is 5.98. The lowest BCUT2D eigenvalue weighted by molar-refractivity contribution is -0.144. The number of ether oxygens (including phenoxy) is 1. The van der Waals surface area contributed by atoms with E-state index in [1.807, 2.05) is 0 Å². The Hall–Kier alpha value is -3.36. The summed E-state index contributed by atoms with van der Waals surface area (Å²) in [5.41, 5.74) is 0.337. The van der Waals surface area contributed by atoms with Crippen LogP contribution in [0.25, 0.3) is 0 Å². The first kappa shape index (κ1) is 25.3. The Morgan fingerprint density at radius 3 is 2.59 bits per heavy atom. The van der Waals surface area contributed by atoms with E-state index < -0.39 is 23.2 Å². The van der Waals surface area contributed by atoms with Gasteiger partial charge in [0.1, 0.15) is 5.54 Å². The first-order chi connectivity index (χ1) is 15.9. The number of carbonyl (C=O) groups excluding carboxylic acids is 1. The Morgan fingerprint density at radius 2 is 1.97 bits per heavy atom. The Balaban J connectivity index is 1.57. The highest BCUT2D eigenvalue weighted by Gasteiger charge is 2.34. The monoisotopic (exact) mass is 479 g/mol. The first-order valence-electron chi connectivity index (χ1n) is 11.0. The normalized spacial score (nSPS) is 18.8. The zero-order valence-corrected chi connectivity index (χ0v) is 19.5. The van der Waals surface area contributed by atoms with E-state index in [0.717, 1.165) is 6.20 Å². The average molecular weight is 480 g/mol. The van der Waals surface area contributed by atoms with E-state index in [1.165, 1.54) is 4.68 Å². The second kappa shape index (κ2) is 9.87. The molecule has 2 aromatic rings. The highest BCUT2D eigenvalue weighted by molar-refractivity contribution is 5.83. The van der Waals surface area contributed by atoms with Crippen LogP contribution in [0.4, 0.5) is 24.8 Å². The summed E-state index contributed by atoms with van der Waals surface area (Å²) in [5.74, 6) is -5.40. The highest BCUT2D eigenvalue weighted by atomic mass is 19.3. The topological polar surface area (TPSA) is 118 Å². The minimum atomic E-state index is -3.40. The van der Waals surface area contributed by atoms with Gasteiger partial charge in [0.15, 0.2) is 0 Å². The van der Waals surface area contributed by atoms with Gasteiger partial charge in [0, 0.05) is 13.0 Å². The van der Waals surface area contributed by atoms with Crippen LogP contribution in [0.1, 0.15) is 52.1 Å². The second-order valence-corrected chi connectivity index (χ2v) is 9.11. The van der Waals surface area contributed by atoms with Crippen molar-refractivity contribution >= 4 is 17.5 Å². The van der Waals surface area contributed by atoms with E-state index in [-0.39, 0.29) is 30.4 Å². The summed E-state index contributed by atoms with van der Waals surface area (Å²) in [6, 6.07) is 1.85. The smallest absolute Gasteiger partial charge is 0.321 e. The van der Waals surface area contributed by atoms with Crippen LogP contribution < -0.4 is 15.4 Å². The summed E-state index contributed by atoms with van der Waals surface area (Å²) < 4.78 is 47.4. The van der Waals surface area contributed by atoms with Gasteiger partial charge < -0.3 is 15.4 Å². The third kappa shape index (κ3) is 6.15. The maximum absolute atomic E-state index is 14.2. The number of halogens is 3. The highest BCUT2D eigenvalue weighted by Crippen LogP contribution is 2.27. The zero-order chi connectivity index (χ0) is 25.1. The maximum Gasteiger partial charge on any atom is 0.321 e. The summed E-state index contributed by atoms with van der Waals surface area (Å²) in [5, 5.41) is 19.0. The maximum atomic E-state index is 14.2. The molecule has 0 spiro atoms. The van der Waals surface area contributed by atoms with Crippen LogP contribution in [-0.4, -0.2) is 44.2 Å². The molecule has 9 nitrogen and oxygen atoms in total. The van der Waals surface area contributed by atoms with E-state index >= 15 is 0 Å². The molecule has 0 bridgehead atoms. The SMILES string of the molecule is Cc1nn(C(C)(C)C#N)cc1Nc1ncc(F)c(OCC2CCC(NC(=O)C(C)(F)F)CC2)n1. The molecule has 1 amide bonds. The van der Waals surface area contributed by atoms with Crippen molar-refractivity contribution in [2.75, 3.05) is 11.9 Å². The van der Waals surface area contributed by atoms with Gasteiger partial charge in [0.2, 0.25) is 11.8 Å². The number of nitrogens with one attached hydrogen (secondary N) is 2. The van der Waals surface area contributed by atoms with Crippen LogP contribution in [0.5, 0.6) is 5.88 Å². The molecule has 0 saturated heterocycles. The number of aryl methyl sites for hydroxylation is 1. The number of nitriles is 1. The van der Waals surface area contributed by atoms with Gasteiger partial charge in [-0.2, -0.15) is 28.5 Å². The Morgan fingerprint density at radius 1 is 1.29 bits per heavy atom. The number of alkyl halides is 2. The fourth-order valence-electron chi connectivity index (χ4n) is 3.54. The minimum absolute atomic E-state index is 0.0785. The van der Waals surface area contributed by atoms with E-state index in [4.69, 9.17) is 4.74 Å². The number of anilines is 2. The third-order valence-electron chi connectivity index (χ3n) is 5.74. The van der Waals surface area contributed by atoms with Crippen molar-refractivity contribution in [3.05, 3.63) is 23.9 Å². The molecule has 2 aromatic heterocycles. The molecule has 0 unspecified atom stereocenters. The molecule has 184 valence electrons. The molecular weight excluding hydrogens is 451 g/mol. The van der Waals surface area contributed by atoms with Crippen molar-refractivity contribution in [1.29, 1.82) is 5.26 Å². The van der Waals surface area contributed by atoms with Crippen molar-refractivity contribution in [3.8, 4) is 11.9 Å². The number of carbonyl (C=O) groups is 1. The molecule has 0 aliphatic heterocycles. The molecule has 1 aliphatic carbocycles. The van der Waals surface area contributed by atoms with Crippen molar-refractivity contribution in [2.24, 2.45) is 5.92 Å². The van der Waals surface area contributed by atoms with Gasteiger partial charge in [-0.3, -0.25) is 9.48 Å². The van der Waals surface area contributed by atoms with Gasteiger partial charge in [0.25, 0.3) is 11.8 Å². The number of hydrogen-bond acceptors (Lipinski definition) is 7. The molecule has 0 aromatic carbocycles. The van der Waals surface area contributed by atoms with Gasteiger partial charge in [0.05, 0.1) is 36.5 Å². The average Bonchev–Trinajstić information content (AvgIpc) is 3.15. The number of amides is 1. The van der Waals surface area contributed by atoms with Crippen molar-refractivity contribution in [2.45, 2.75) is 70.9 Å². The van der Waals surface area contributed by atoms with Gasteiger partial charge in [-0.25, -0.2) is 4.98 Å². The predicted octanol–water partition coefficient (Wildman–Crippen LogP) is 3.83. The first-order valence-corrected chi connectivity index (χ1v) is 11.0. The van der Waals surface area contributed by atoms with Crippen LogP contribution >= 0.6 is 0 Å². The summed E-state index contributed by atoms with van der Waals surface area (Å²) in [7, 11) is 0. The fraction of sp³-hybridized carbons (Fsp3) is 0.591. The lowest BCUT2D eigenvalue weighted by Gasteiger charge is -2.29. The van der Waals surface area contributed by atoms with Gasteiger partial charge in [-0.1, -0.05) is 0 Å². The Kier molecular flexibility index (Phi) is 7.33. The largest absolute Gasteiger partial charge is 0.475 e. The molecule has 0 atom stereocenters. The Labute approximate surface area is 195 Å². The lowest BCUT2D eigenvalue weighted by atomic mass is 9.86. The number of hydrogen-bond donors (Lipinski definition) is 2. The second-order valence-electron chi connectivity index (χ2n) is 9.11. The summed E-state index contributed by atoms with van der Waals surface area (Å²) >= 11 is 0. The Bertz CT molecular complexity index is 1070. The molecule has 1 saturated carbocycles. The standard InChI is InChI=1S/C22H28F3N7O2/c1-13-17(10-32(31-13)21(2,3)12-26)29-20-27-9-16(23)18(30-20)34-11-14-5-7-15(8-6-14)28-19(33)22(4,24)25/h9-10,14-15H,5-8,11H2,1-4H3,(H,28,33)(H,27,29,30). The molecule has 12 heteroatoms. The number of rotatable bonds is 8. The molecule has 0 radical (unpaired) electrons. The van der Waals surface area contributed by atoms with Gasteiger partial charge in [-0.15, -0.1) is 0 Å². The number of nitrogens with zero attached hydrogens (tertiary/aromatic N) is 5. The third-order valence-corrected chi connectivity index (χ3v) is 5.74. The van der Waals surface area contributed by atoms with Crippen molar-refractivity contribution in [1.82, 2.24) is 25.1 Å². The minimum Gasteiger partial charge on any atom is -0.475 e. The van der Waals surface area contributed by atoms with Crippen LogP contribution in [0.3, 0.4) is 0 Å². The molecule has 34 heavy (non-hydrogen) atoms. The van der Waals surface area contributed by atoms with E-state index in [1.54, 1.807) is 27.0 Å². The van der Waals surface area contributed by atoms with Gasteiger partial charge >= 0.3 is 5.92 Å². The van der Waals surface area contributed by atoms with Crippen LogP contribution in [-0.2, 0) is 10.3 Å². The van der Waals surface area contributed by atoms with Crippen LogP contribution in [0.2, 0.25) is 0 Å². The predicted molar refractivity (Wildman–Crippen MR) is 117 cm³/mol. The summed E-state index contributed by atoms with van der Waals surface area (Å²) in [6.07, 6.45) is 5.02. The zero-order valence-electron chi connectivity index (χ0n) is 19.5. The molecule has 2 heterocycles. The summed E-state index contributed by atoms with van der Waals surface area (Å²) in [4.78, 5) is 19.5. The number of aromatic nitrogens is 4. The van der Waals surface area contributed by atoms with Gasteiger partial charge in [-0.05, 0) is 52.4 Å². The molecule has 1 aliphatic rings. The van der Waals surface area contributed by atoms with Crippen LogP contribution in [0, 0.1) is 30.0 Å². The quantitative estimate of drug-likeness (QED) is 0.591. The van der Waals surface area contributed by atoms with Crippen molar-refractivity contribution < 1.29 is 22.7 Å². The van der Waals surface area contributed by atoms with E-state index in [2.05, 4.69) is 31.8 Å².